The number of rotatable bonds is 4. The highest BCUT2D eigenvalue weighted by atomic mass is 32.2. The Morgan fingerprint density at radius 3 is 2.60 bits per heavy atom. The van der Waals surface area contributed by atoms with Gasteiger partial charge in [0.25, 0.3) is 0 Å². The summed E-state index contributed by atoms with van der Waals surface area (Å²) in [5.41, 5.74) is 1.26. The molecule has 2 aliphatic carbocycles. The fourth-order valence-electron chi connectivity index (χ4n) is 3.60. The zero-order valence-electron chi connectivity index (χ0n) is 12.3. The van der Waals surface area contributed by atoms with Gasteiger partial charge in [0.15, 0.2) is 0 Å². The van der Waals surface area contributed by atoms with Gasteiger partial charge in [-0.15, -0.1) is 11.8 Å². The Morgan fingerprint density at radius 1 is 1.25 bits per heavy atom. The van der Waals surface area contributed by atoms with Gasteiger partial charge in [0.05, 0.1) is 5.25 Å². The summed E-state index contributed by atoms with van der Waals surface area (Å²) in [4.78, 5) is 13.5. The van der Waals surface area contributed by atoms with Gasteiger partial charge in [-0.05, 0) is 57.1 Å². The number of carbonyl (C=O) groups is 1. The number of nitrogens with one attached hydrogen (secondary N) is 1. The number of hydrogen-bond acceptors (Lipinski definition) is 2. The molecule has 4 atom stereocenters. The van der Waals surface area contributed by atoms with Crippen molar-refractivity contribution in [2.75, 3.05) is 0 Å². The van der Waals surface area contributed by atoms with Crippen LogP contribution < -0.4 is 5.32 Å². The summed E-state index contributed by atoms with van der Waals surface area (Å²) in [6, 6.07) is 8.84. The molecule has 1 amide bonds. The van der Waals surface area contributed by atoms with Gasteiger partial charge in [0.2, 0.25) is 5.91 Å². The fourth-order valence-corrected chi connectivity index (χ4v) is 4.47. The molecule has 0 radical (unpaired) electrons. The molecule has 0 aromatic heterocycles. The van der Waals surface area contributed by atoms with E-state index in [9.17, 15) is 4.79 Å². The maximum Gasteiger partial charge on any atom is 0.233 e. The predicted molar refractivity (Wildman–Crippen MR) is 83.9 cm³/mol. The maximum atomic E-state index is 12.3. The standard InChI is InChI=1S/C17H23NOS/c1-11-3-7-15(8-4-11)20-12(2)17(19)18-16-10-13-5-6-14(16)9-13/h3-4,7-8,12-14,16H,5-6,9-10H2,1-2H3,(H,18,19)/t12-,13+,14+,16-/m1/s1. The summed E-state index contributed by atoms with van der Waals surface area (Å²) in [5.74, 6) is 1.83. The van der Waals surface area contributed by atoms with Crippen molar-refractivity contribution in [2.45, 2.75) is 55.7 Å². The minimum atomic E-state index is -0.0168. The molecule has 2 bridgehead atoms. The van der Waals surface area contributed by atoms with Gasteiger partial charge in [-0.2, -0.15) is 0 Å². The molecule has 1 aromatic carbocycles. The second-order valence-electron chi connectivity index (χ2n) is 6.36. The van der Waals surface area contributed by atoms with Crippen LogP contribution >= 0.6 is 11.8 Å². The Bertz CT molecular complexity index is 484. The van der Waals surface area contributed by atoms with E-state index in [0.29, 0.717) is 6.04 Å². The monoisotopic (exact) mass is 289 g/mol. The summed E-state index contributed by atoms with van der Waals surface area (Å²) in [7, 11) is 0. The van der Waals surface area contributed by atoms with Crippen LogP contribution in [-0.2, 0) is 4.79 Å². The van der Waals surface area contributed by atoms with Crippen molar-refractivity contribution in [2.24, 2.45) is 11.8 Å². The first kappa shape index (κ1) is 14.0. The van der Waals surface area contributed by atoms with Crippen LogP contribution in [0, 0.1) is 18.8 Å². The molecule has 0 aliphatic heterocycles. The van der Waals surface area contributed by atoms with E-state index in [1.165, 1.54) is 36.1 Å². The van der Waals surface area contributed by atoms with E-state index in [-0.39, 0.29) is 11.2 Å². The normalized spacial score (nSPS) is 29.4. The number of amides is 1. The van der Waals surface area contributed by atoms with Gasteiger partial charge in [-0.1, -0.05) is 24.1 Å². The van der Waals surface area contributed by atoms with E-state index in [2.05, 4.69) is 36.5 Å². The van der Waals surface area contributed by atoms with Gasteiger partial charge in [-0.3, -0.25) is 4.79 Å². The first-order valence-corrected chi connectivity index (χ1v) is 8.53. The third-order valence-corrected chi connectivity index (χ3v) is 5.88. The van der Waals surface area contributed by atoms with Crippen molar-refractivity contribution < 1.29 is 4.79 Å². The number of fused-ring (bicyclic) bond motifs is 2. The summed E-state index contributed by atoms with van der Waals surface area (Å²) < 4.78 is 0. The van der Waals surface area contributed by atoms with Gasteiger partial charge in [0, 0.05) is 10.9 Å². The zero-order chi connectivity index (χ0) is 14.1. The molecule has 108 valence electrons. The van der Waals surface area contributed by atoms with Crippen LogP contribution in [-0.4, -0.2) is 17.2 Å². The lowest BCUT2D eigenvalue weighted by Gasteiger charge is -2.24. The average Bonchev–Trinajstić information content (AvgIpc) is 3.03. The second kappa shape index (κ2) is 5.80. The number of benzene rings is 1. The topological polar surface area (TPSA) is 29.1 Å². The van der Waals surface area contributed by atoms with Gasteiger partial charge >= 0.3 is 0 Å². The molecule has 1 aromatic rings. The lowest BCUT2D eigenvalue weighted by molar-refractivity contribution is -0.121. The molecule has 2 aliphatic rings. The molecular weight excluding hydrogens is 266 g/mol. The van der Waals surface area contributed by atoms with Crippen molar-refractivity contribution in [3.05, 3.63) is 29.8 Å². The Hall–Kier alpha value is -0.960. The van der Waals surface area contributed by atoms with Crippen molar-refractivity contribution in [1.29, 1.82) is 0 Å². The average molecular weight is 289 g/mol. The van der Waals surface area contributed by atoms with Crippen LogP contribution in [0.3, 0.4) is 0 Å². The van der Waals surface area contributed by atoms with Crippen molar-refractivity contribution in [3.8, 4) is 0 Å². The van der Waals surface area contributed by atoms with Crippen LogP contribution in [0.25, 0.3) is 0 Å². The summed E-state index contributed by atoms with van der Waals surface area (Å²) in [6.07, 6.45) is 5.24. The molecule has 0 spiro atoms. The Morgan fingerprint density at radius 2 is 2.00 bits per heavy atom. The highest BCUT2D eigenvalue weighted by molar-refractivity contribution is 8.00. The lowest BCUT2D eigenvalue weighted by Crippen LogP contribution is -2.42. The third-order valence-electron chi connectivity index (χ3n) is 4.77. The van der Waals surface area contributed by atoms with E-state index >= 15 is 0 Å². The molecule has 2 saturated carbocycles. The third kappa shape index (κ3) is 3.03. The van der Waals surface area contributed by atoms with Crippen LogP contribution in [0.5, 0.6) is 0 Å². The van der Waals surface area contributed by atoms with Crippen LogP contribution in [0.2, 0.25) is 0 Å². The van der Waals surface area contributed by atoms with E-state index < -0.39 is 0 Å². The molecule has 2 fully saturated rings. The largest absolute Gasteiger partial charge is 0.352 e. The number of aryl methyl sites for hydroxylation is 1. The molecule has 2 nitrogen and oxygen atoms in total. The van der Waals surface area contributed by atoms with Crippen LogP contribution in [0.4, 0.5) is 0 Å². The van der Waals surface area contributed by atoms with Crippen LogP contribution in [0.1, 0.15) is 38.2 Å². The van der Waals surface area contributed by atoms with Crippen molar-refractivity contribution >= 4 is 17.7 Å². The van der Waals surface area contributed by atoms with Gasteiger partial charge < -0.3 is 5.32 Å². The molecule has 3 heteroatoms. The molecule has 1 N–H and O–H groups in total. The second-order valence-corrected chi connectivity index (χ2v) is 7.78. The van der Waals surface area contributed by atoms with Crippen molar-refractivity contribution in [3.63, 3.8) is 0 Å². The van der Waals surface area contributed by atoms with Gasteiger partial charge in [-0.25, -0.2) is 0 Å². The lowest BCUT2D eigenvalue weighted by atomic mass is 9.95. The molecule has 0 heterocycles. The molecule has 20 heavy (non-hydrogen) atoms. The quantitative estimate of drug-likeness (QED) is 0.855. The van der Waals surface area contributed by atoms with E-state index in [4.69, 9.17) is 0 Å². The smallest absolute Gasteiger partial charge is 0.233 e. The van der Waals surface area contributed by atoms with E-state index in [1.807, 2.05) is 6.92 Å². The number of hydrogen-bond donors (Lipinski definition) is 1. The summed E-state index contributed by atoms with van der Waals surface area (Å²) in [5, 5.41) is 3.27. The fraction of sp³-hybridized carbons (Fsp3) is 0.588. The molecule has 0 saturated heterocycles. The summed E-state index contributed by atoms with van der Waals surface area (Å²) in [6.45, 7) is 4.09. The highest BCUT2D eigenvalue weighted by Gasteiger charge is 2.40. The summed E-state index contributed by atoms with van der Waals surface area (Å²) >= 11 is 1.65. The number of thioether (sulfide) groups is 1. The number of carbonyl (C=O) groups excluding carboxylic acids is 1. The highest BCUT2D eigenvalue weighted by Crippen LogP contribution is 2.44. The van der Waals surface area contributed by atoms with Crippen molar-refractivity contribution in [1.82, 2.24) is 5.32 Å². The zero-order valence-corrected chi connectivity index (χ0v) is 13.1. The van der Waals surface area contributed by atoms with Gasteiger partial charge in [0.1, 0.15) is 0 Å². The SMILES string of the molecule is Cc1ccc(S[C@H](C)C(=O)N[C@@H]2C[C@H]3CC[C@H]2C3)cc1. The molecular formula is C17H23NOS. The Balaban J connectivity index is 1.53. The van der Waals surface area contributed by atoms with E-state index in [0.717, 1.165) is 11.8 Å². The molecule has 3 rings (SSSR count). The van der Waals surface area contributed by atoms with Crippen LogP contribution in [0.15, 0.2) is 29.2 Å². The molecule has 0 unspecified atom stereocenters. The maximum absolute atomic E-state index is 12.3. The predicted octanol–water partition coefficient (Wildman–Crippen LogP) is 3.78. The first-order chi connectivity index (χ1) is 9.61. The minimum absolute atomic E-state index is 0.0168. The minimum Gasteiger partial charge on any atom is -0.352 e. The first-order valence-electron chi connectivity index (χ1n) is 7.65. The Kier molecular flexibility index (Phi) is 4.06. The van der Waals surface area contributed by atoms with E-state index in [1.54, 1.807) is 11.8 Å². The Labute approximate surface area is 125 Å².